The van der Waals surface area contributed by atoms with Crippen LogP contribution in [0.15, 0.2) is 41.1 Å². The van der Waals surface area contributed by atoms with Crippen LogP contribution in [0.1, 0.15) is 44.7 Å². The van der Waals surface area contributed by atoms with Crippen molar-refractivity contribution in [1.82, 2.24) is 15.1 Å². The van der Waals surface area contributed by atoms with E-state index < -0.39 is 5.54 Å². The average Bonchev–Trinajstić information content (AvgIpc) is 3.39. The molecule has 32 heavy (non-hydrogen) atoms. The molecule has 2 saturated heterocycles. The summed E-state index contributed by atoms with van der Waals surface area (Å²) in [6.45, 7) is 11.5. The zero-order valence-corrected chi connectivity index (χ0v) is 20.2. The first-order valence-electron chi connectivity index (χ1n) is 11.7. The standard InChI is InChI=1S/C25H34N4O2S/c1-4-28(5-2)22-8-6-19(7-9-22)16-27-13-10-21(11-14-27)25(3)23(30)29(24(31)26-25)17-20-12-15-32-18-20/h6-9,12,15,18,21H,4-5,10-11,13-14,16-17H2,1-3H3,(H,26,31). The molecule has 3 heterocycles. The first kappa shape index (κ1) is 22.8. The predicted molar refractivity (Wildman–Crippen MR) is 130 cm³/mol. The van der Waals surface area contributed by atoms with E-state index in [9.17, 15) is 9.59 Å². The SMILES string of the molecule is CCN(CC)c1ccc(CN2CCC(C3(C)NC(=O)N(Cc4ccsc4)C3=O)CC2)cc1. The van der Waals surface area contributed by atoms with Crippen LogP contribution < -0.4 is 10.2 Å². The van der Waals surface area contributed by atoms with Crippen molar-refractivity contribution >= 4 is 29.0 Å². The van der Waals surface area contributed by atoms with Crippen molar-refractivity contribution in [2.75, 3.05) is 31.1 Å². The van der Waals surface area contributed by atoms with Gasteiger partial charge in [0, 0.05) is 25.3 Å². The summed E-state index contributed by atoms with van der Waals surface area (Å²) >= 11 is 1.58. The zero-order chi connectivity index (χ0) is 22.7. The summed E-state index contributed by atoms with van der Waals surface area (Å²) in [5, 5.41) is 6.98. The Kier molecular flexibility index (Phi) is 6.86. The van der Waals surface area contributed by atoms with Gasteiger partial charge in [-0.3, -0.25) is 14.6 Å². The summed E-state index contributed by atoms with van der Waals surface area (Å²) in [6.07, 6.45) is 1.82. The highest BCUT2D eigenvalue weighted by molar-refractivity contribution is 7.07. The molecule has 2 fully saturated rings. The van der Waals surface area contributed by atoms with Crippen molar-refractivity contribution in [2.24, 2.45) is 5.92 Å². The van der Waals surface area contributed by atoms with Crippen LogP contribution in [0.4, 0.5) is 10.5 Å². The number of carbonyl (C=O) groups is 2. The number of rotatable bonds is 8. The minimum atomic E-state index is -0.801. The van der Waals surface area contributed by atoms with Crippen LogP contribution in [-0.4, -0.2) is 53.5 Å². The lowest BCUT2D eigenvalue weighted by Gasteiger charge is -2.39. The minimum absolute atomic E-state index is 0.0841. The van der Waals surface area contributed by atoms with Gasteiger partial charge in [-0.1, -0.05) is 12.1 Å². The van der Waals surface area contributed by atoms with E-state index >= 15 is 0 Å². The topological polar surface area (TPSA) is 55.9 Å². The molecular formula is C25H34N4O2S. The van der Waals surface area contributed by atoms with E-state index in [1.165, 1.54) is 16.2 Å². The molecule has 1 aromatic heterocycles. The lowest BCUT2D eigenvalue weighted by atomic mass is 9.79. The van der Waals surface area contributed by atoms with Crippen LogP contribution in [0, 0.1) is 5.92 Å². The Hall–Kier alpha value is -2.38. The monoisotopic (exact) mass is 454 g/mol. The number of hydrogen-bond donors (Lipinski definition) is 1. The number of hydrogen-bond acceptors (Lipinski definition) is 5. The Labute approximate surface area is 195 Å². The highest BCUT2D eigenvalue weighted by Gasteiger charge is 2.52. The molecule has 7 heteroatoms. The Bertz CT molecular complexity index is 918. The molecule has 0 spiro atoms. The summed E-state index contributed by atoms with van der Waals surface area (Å²) in [4.78, 5) is 32.0. The van der Waals surface area contributed by atoms with E-state index in [0.717, 1.165) is 51.1 Å². The Morgan fingerprint density at radius 1 is 1.03 bits per heavy atom. The van der Waals surface area contributed by atoms with Crippen LogP contribution in [0.25, 0.3) is 0 Å². The number of likely N-dealkylation sites (tertiary alicyclic amines) is 1. The van der Waals surface area contributed by atoms with Gasteiger partial charge < -0.3 is 10.2 Å². The van der Waals surface area contributed by atoms with E-state index in [1.807, 2.05) is 23.8 Å². The molecule has 1 aromatic carbocycles. The lowest BCUT2D eigenvalue weighted by Crippen LogP contribution is -2.53. The summed E-state index contributed by atoms with van der Waals surface area (Å²) in [6, 6.07) is 10.6. The summed E-state index contributed by atoms with van der Waals surface area (Å²) in [5.74, 6) is 0.0758. The Balaban J connectivity index is 1.33. The van der Waals surface area contributed by atoms with Gasteiger partial charge in [0.25, 0.3) is 5.91 Å². The number of nitrogens with one attached hydrogen (secondary N) is 1. The average molecular weight is 455 g/mol. The van der Waals surface area contributed by atoms with Crippen molar-refractivity contribution in [3.8, 4) is 0 Å². The van der Waals surface area contributed by atoms with Crippen LogP contribution in [-0.2, 0) is 17.9 Å². The first-order chi connectivity index (χ1) is 15.4. The normalized spacial score (nSPS) is 22.4. The molecule has 6 nitrogen and oxygen atoms in total. The van der Waals surface area contributed by atoms with Gasteiger partial charge in [-0.2, -0.15) is 11.3 Å². The third kappa shape index (κ3) is 4.55. The minimum Gasteiger partial charge on any atom is -0.372 e. The molecule has 1 N–H and O–H groups in total. The molecule has 2 aliphatic heterocycles. The molecule has 0 bridgehead atoms. The van der Waals surface area contributed by atoms with Crippen LogP contribution in [0.5, 0.6) is 0 Å². The number of benzene rings is 1. The number of imide groups is 1. The second-order valence-corrected chi connectivity index (χ2v) is 9.82. The third-order valence-electron chi connectivity index (χ3n) is 7.10. The zero-order valence-electron chi connectivity index (χ0n) is 19.3. The molecule has 3 amide bonds. The number of urea groups is 1. The fourth-order valence-corrected chi connectivity index (χ4v) is 5.69. The van der Waals surface area contributed by atoms with Crippen LogP contribution in [0.2, 0.25) is 0 Å². The second-order valence-electron chi connectivity index (χ2n) is 9.04. The van der Waals surface area contributed by atoms with Crippen molar-refractivity contribution in [1.29, 1.82) is 0 Å². The van der Waals surface area contributed by atoms with Gasteiger partial charge in [-0.25, -0.2) is 4.79 Å². The fourth-order valence-electron chi connectivity index (χ4n) is 5.03. The van der Waals surface area contributed by atoms with E-state index in [2.05, 4.69) is 53.2 Å². The van der Waals surface area contributed by atoms with Crippen molar-refractivity contribution in [2.45, 2.75) is 52.2 Å². The molecule has 1 unspecified atom stereocenters. The van der Waals surface area contributed by atoms with E-state index in [0.29, 0.717) is 6.54 Å². The molecule has 4 rings (SSSR count). The van der Waals surface area contributed by atoms with Gasteiger partial charge in [0.15, 0.2) is 0 Å². The molecule has 172 valence electrons. The lowest BCUT2D eigenvalue weighted by molar-refractivity contribution is -0.133. The molecule has 0 radical (unpaired) electrons. The quantitative estimate of drug-likeness (QED) is 0.604. The molecule has 0 aliphatic carbocycles. The fraction of sp³-hybridized carbons (Fsp3) is 0.520. The van der Waals surface area contributed by atoms with E-state index in [1.54, 1.807) is 11.3 Å². The summed E-state index contributed by atoms with van der Waals surface area (Å²) in [7, 11) is 0. The number of nitrogens with zero attached hydrogens (tertiary/aromatic N) is 3. The largest absolute Gasteiger partial charge is 0.372 e. The van der Waals surface area contributed by atoms with Gasteiger partial charge in [-0.05, 0) is 92.7 Å². The van der Waals surface area contributed by atoms with Gasteiger partial charge in [-0.15, -0.1) is 0 Å². The highest BCUT2D eigenvalue weighted by atomic mass is 32.1. The number of anilines is 1. The number of amides is 3. The number of carbonyl (C=O) groups excluding carboxylic acids is 2. The maximum absolute atomic E-state index is 13.2. The highest BCUT2D eigenvalue weighted by Crippen LogP contribution is 2.34. The van der Waals surface area contributed by atoms with E-state index in [-0.39, 0.29) is 17.9 Å². The molecule has 2 aliphatic rings. The van der Waals surface area contributed by atoms with Gasteiger partial charge in [0.2, 0.25) is 0 Å². The molecular weight excluding hydrogens is 420 g/mol. The second kappa shape index (κ2) is 9.63. The molecule has 2 aromatic rings. The van der Waals surface area contributed by atoms with Crippen molar-refractivity contribution in [3.05, 3.63) is 52.2 Å². The Morgan fingerprint density at radius 3 is 2.31 bits per heavy atom. The predicted octanol–water partition coefficient (Wildman–Crippen LogP) is 4.32. The first-order valence-corrected chi connectivity index (χ1v) is 12.6. The maximum Gasteiger partial charge on any atom is 0.325 e. The van der Waals surface area contributed by atoms with Crippen LogP contribution in [0.3, 0.4) is 0 Å². The van der Waals surface area contributed by atoms with Crippen LogP contribution >= 0.6 is 11.3 Å². The molecule has 0 saturated carbocycles. The maximum atomic E-state index is 13.2. The third-order valence-corrected chi connectivity index (χ3v) is 7.83. The van der Waals surface area contributed by atoms with Gasteiger partial charge in [0.1, 0.15) is 5.54 Å². The van der Waals surface area contributed by atoms with E-state index in [4.69, 9.17) is 0 Å². The Morgan fingerprint density at radius 2 is 1.72 bits per heavy atom. The van der Waals surface area contributed by atoms with Gasteiger partial charge in [0.05, 0.1) is 6.54 Å². The van der Waals surface area contributed by atoms with Gasteiger partial charge >= 0.3 is 6.03 Å². The number of piperidine rings is 1. The summed E-state index contributed by atoms with van der Waals surface area (Å²) in [5.41, 5.74) is 2.79. The van der Waals surface area contributed by atoms with Crippen molar-refractivity contribution in [3.63, 3.8) is 0 Å². The smallest absolute Gasteiger partial charge is 0.325 e. The number of thiophene rings is 1. The molecule has 1 atom stereocenters. The summed E-state index contributed by atoms with van der Waals surface area (Å²) < 4.78 is 0. The van der Waals surface area contributed by atoms with Crippen molar-refractivity contribution < 1.29 is 9.59 Å².